The molecule has 182 valence electrons. The van der Waals surface area contributed by atoms with E-state index in [1.807, 2.05) is 42.5 Å². The fraction of sp³-hybridized carbons (Fsp3) is 0.280. The van der Waals surface area contributed by atoms with Crippen LogP contribution in [0, 0.1) is 0 Å². The number of rotatable bonds is 8. The zero-order valence-corrected chi connectivity index (χ0v) is 18.9. The Kier molecular flexibility index (Phi) is 7.23. The maximum Gasteiger partial charge on any atom is 0.408 e. The molecule has 2 heterocycles. The summed E-state index contributed by atoms with van der Waals surface area (Å²) >= 11 is 0. The normalized spacial score (nSPS) is 19.5. The van der Waals surface area contributed by atoms with E-state index in [1.165, 1.54) is 5.48 Å². The Morgan fingerprint density at radius 1 is 1.09 bits per heavy atom. The molecule has 10 heteroatoms. The third-order valence-electron chi connectivity index (χ3n) is 6.15. The van der Waals surface area contributed by atoms with Gasteiger partial charge in [-0.25, -0.2) is 10.3 Å². The molecule has 0 radical (unpaired) electrons. The molecule has 1 fully saturated rings. The maximum absolute atomic E-state index is 13.9. The van der Waals surface area contributed by atoms with Crippen LogP contribution in [0.2, 0.25) is 0 Å². The van der Waals surface area contributed by atoms with Crippen molar-refractivity contribution < 1.29 is 29.4 Å². The van der Waals surface area contributed by atoms with Crippen molar-refractivity contribution in [2.45, 2.75) is 30.9 Å². The van der Waals surface area contributed by atoms with E-state index in [2.05, 4.69) is 10.3 Å². The van der Waals surface area contributed by atoms with Crippen LogP contribution in [-0.4, -0.2) is 62.9 Å². The number of ether oxygens (including phenoxy) is 1. The number of carboxylic acid groups (broad SMARTS) is 1. The summed E-state index contributed by atoms with van der Waals surface area (Å²) in [6, 6.07) is 18.3. The maximum atomic E-state index is 13.9. The van der Waals surface area contributed by atoms with Crippen LogP contribution in [0.1, 0.15) is 18.4 Å². The number of carbonyl (C=O) groups is 3. The van der Waals surface area contributed by atoms with Crippen molar-refractivity contribution in [1.82, 2.24) is 15.4 Å². The Morgan fingerprint density at radius 2 is 1.86 bits per heavy atom. The number of amides is 3. The Labute approximate surface area is 201 Å². The quantitative estimate of drug-likeness (QED) is 0.288. The second-order valence-electron chi connectivity index (χ2n) is 8.40. The molecule has 0 spiro atoms. The van der Waals surface area contributed by atoms with E-state index in [0.717, 1.165) is 15.8 Å². The van der Waals surface area contributed by atoms with Gasteiger partial charge in [0.15, 0.2) is 0 Å². The fourth-order valence-corrected chi connectivity index (χ4v) is 4.52. The average molecular weight is 479 g/mol. The molecular formula is C25H26N4O6. The number of hydrogen-bond acceptors (Lipinski definition) is 6. The monoisotopic (exact) mass is 478 g/mol. The fourth-order valence-electron chi connectivity index (χ4n) is 4.52. The van der Waals surface area contributed by atoms with Crippen LogP contribution in [0.4, 0.5) is 10.5 Å². The summed E-state index contributed by atoms with van der Waals surface area (Å²) in [4.78, 5) is 43.0. The highest BCUT2D eigenvalue weighted by atomic mass is 16.5. The molecule has 35 heavy (non-hydrogen) atoms. The van der Waals surface area contributed by atoms with Gasteiger partial charge in [-0.3, -0.25) is 24.7 Å². The molecule has 2 atom stereocenters. The number of aromatic nitrogens is 1. The zero-order valence-electron chi connectivity index (χ0n) is 18.9. The molecule has 1 aromatic heterocycles. The van der Waals surface area contributed by atoms with Crippen LogP contribution < -0.4 is 10.8 Å². The second kappa shape index (κ2) is 10.5. The first-order chi connectivity index (χ1) is 16.9. The number of nitrogens with zero attached hydrogens (tertiary/aromatic N) is 2. The molecule has 0 bridgehead atoms. The summed E-state index contributed by atoms with van der Waals surface area (Å²) < 4.78 is 5.75. The van der Waals surface area contributed by atoms with Gasteiger partial charge in [-0.05, 0) is 17.7 Å². The minimum absolute atomic E-state index is 0.0270. The van der Waals surface area contributed by atoms with Crippen molar-refractivity contribution in [3.8, 4) is 0 Å². The van der Waals surface area contributed by atoms with Crippen molar-refractivity contribution >= 4 is 34.5 Å². The Morgan fingerprint density at radius 3 is 2.60 bits per heavy atom. The molecule has 4 rings (SSSR count). The molecule has 1 saturated heterocycles. The third-order valence-corrected chi connectivity index (χ3v) is 6.15. The Balaban J connectivity index is 1.66. The lowest BCUT2D eigenvalue weighted by Gasteiger charge is -2.35. The lowest BCUT2D eigenvalue weighted by molar-refractivity contribution is -0.131. The van der Waals surface area contributed by atoms with E-state index in [9.17, 15) is 19.5 Å². The molecule has 0 aliphatic carbocycles. The number of anilines is 1. The molecule has 4 N–H and O–H groups in total. The number of pyridine rings is 1. The lowest BCUT2D eigenvalue weighted by Crippen LogP contribution is -2.56. The summed E-state index contributed by atoms with van der Waals surface area (Å²) in [6.07, 6.45) is -0.0905. The first-order valence-electron chi connectivity index (χ1n) is 11.2. The van der Waals surface area contributed by atoms with E-state index in [-0.39, 0.29) is 32.4 Å². The molecule has 0 saturated carbocycles. The van der Waals surface area contributed by atoms with E-state index < -0.39 is 29.6 Å². The van der Waals surface area contributed by atoms with Crippen LogP contribution in [0.25, 0.3) is 10.9 Å². The van der Waals surface area contributed by atoms with Crippen LogP contribution in [-0.2, 0) is 20.7 Å². The summed E-state index contributed by atoms with van der Waals surface area (Å²) in [6.45, 7) is -0.0646. The predicted octanol–water partition coefficient (Wildman–Crippen LogP) is 2.82. The van der Waals surface area contributed by atoms with E-state index in [1.54, 1.807) is 24.4 Å². The van der Waals surface area contributed by atoms with Gasteiger partial charge in [0.25, 0.3) is 5.91 Å². The predicted molar refractivity (Wildman–Crippen MR) is 127 cm³/mol. The van der Waals surface area contributed by atoms with Gasteiger partial charge in [-0.1, -0.05) is 48.5 Å². The number of hydroxylamine groups is 1. The smallest absolute Gasteiger partial charge is 0.408 e. The summed E-state index contributed by atoms with van der Waals surface area (Å²) in [5.74, 6) is -1.10. The Hall–Kier alpha value is -4.02. The second-order valence-corrected chi connectivity index (χ2v) is 8.40. The van der Waals surface area contributed by atoms with Gasteiger partial charge < -0.3 is 15.2 Å². The summed E-state index contributed by atoms with van der Waals surface area (Å²) in [5.41, 5.74) is 1.96. The highest BCUT2D eigenvalue weighted by molar-refractivity contribution is 6.05. The number of fused-ring (bicyclic) bond motifs is 1. The standard InChI is InChI=1S/C25H26N4O6/c30-21(28-34)11-13-35-19-15-25(29(16-19)24(32)33,14-17-6-2-1-3-7-17)23(31)27-20-10-4-8-18-9-5-12-26-22(18)20/h1-10,12,19,34H,11,13-16H2,(H,27,31)(H,28,30)(H,32,33)/t19-,25-/m1/s1. The lowest BCUT2D eigenvalue weighted by atomic mass is 9.86. The van der Waals surface area contributed by atoms with Gasteiger partial charge in [0, 0.05) is 24.4 Å². The topological polar surface area (TPSA) is 141 Å². The number of hydrogen-bond donors (Lipinski definition) is 4. The molecule has 0 unspecified atom stereocenters. The van der Waals surface area contributed by atoms with Gasteiger partial charge in [0.05, 0.1) is 36.9 Å². The molecule has 1 aliphatic rings. The van der Waals surface area contributed by atoms with Gasteiger partial charge in [-0.2, -0.15) is 0 Å². The van der Waals surface area contributed by atoms with E-state index >= 15 is 0 Å². The summed E-state index contributed by atoms with van der Waals surface area (Å²) in [7, 11) is 0. The molecule has 10 nitrogen and oxygen atoms in total. The van der Waals surface area contributed by atoms with Gasteiger partial charge in [0.2, 0.25) is 5.91 Å². The van der Waals surface area contributed by atoms with Crippen LogP contribution in [0.15, 0.2) is 66.9 Å². The largest absolute Gasteiger partial charge is 0.465 e. The SMILES string of the molecule is O=C(CCO[C@H]1CN(C(=O)O)[C@@](Cc2ccccc2)(C(=O)Nc2cccc3cccnc23)C1)NO. The molecule has 3 aromatic rings. The van der Waals surface area contributed by atoms with Crippen molar-refractivity contribution in [2.75, 3.05) is 18.5 Å². The molecule has 3 amide bonds. The number of likely N-dealkylation sites (tertiary alicyclic amines) is 1. The minimum Gasteiger partial charge on any atom is -0.465 e. The minimum atomic E-state index is -1.45. The van der Waals surface area contributed by atoms with Crippen LogP contribution >= 0.6 is 0 Å². The van der Waals surface area contributed by atoms with Gasteiger partial charge in [0.1, 0.15) is 5.54 Å². The highest BCUT2D eigenvalue weighted by Gasteiger charge is 2.54. The average Bonchev–Trinajstić information content (AvgIpc) is 3.24. The molecular weight excluding hydrogens is 452 g/mol. The van der Waals surface area contributed by atoms with Gasteiger partial charge in [-0.15, -0.1) is 0 Å². The Bertz CT molecular complexity index is 1220. The molecule has 1 aliphatic heterocycles. The number of carbonyl (C=O) groups excluding carboxylic acids is 2. The summed E-state index contributed by atoms with van der Waals surface area (Å²) in [5, 5.41) is 22.5. The van der Waals surface area contributed by atoms with Crippen LogP contribution in [0.5, 0.6) is 0 Å². The van der Waals surface area contributed by atoms with Crippen molar-refractivity contribution in [3.63, 3.8) is 0 Å². The van der Waals surface area contributed by atoms with Gasteiger partial charge >= 0.3 is 6.09 Å². The first-order valence-corrected chi connectivity index (χ1v) is 11.2. The van der Waals surface area contributed by atoms with Crippen molar-refractivity contribution in [3.05, 3.63) is 72.4 Å². The molecule has 2 aromatic carbocycles. The van der Waals surface area contributed by atoms with Crippen LogP contribution in [0.3, 0.4) is 0 Å². The van der Waals surface area contributed by atoms with E-state index in [0.29, 0.717) is 11.2 Å². The zero-order chi connectivity index (χ0) is 24.8. The van der Waals surface area contributed by atoms with E-state index in [4.69, 9.17) is 9.94 Å². The number of benzene rings is 2. The first kappa shape index (κ1) is 24.1. The highest BCUT2D eigenvalue weighted by Crippen LogP contribution is 2.36. The number of para-hydroxylation sites is 1. The number of nitrogens with one attached hydrogen (secondary N) is 2. The van der Waals surface area contributed by atoms with Crippen molar-refractivity contribution in [1.29, 1.82) is 0 Å². The van der Waals surface area contributed by atoms with Crippen molar-refractivity contribution in [2.24, 2.45) is 0 Å². The third kappa shape index (κ3) is 5.23.